The quantitative estimate of drug-likeness (QED) is 0.834. The maximum atomic E-state index is 12.0. The summed E-state index contributed by atoms with van der Waals surface area (Å²) >= 11 is 1.59. The predicted molar refractivity (Wildman–Crippen MR) is 87.5 cm³/mol. The molecule has 1 aliphatic rings. The molecule has 0 spiro atoms. The molecule has 2 aromatic heterocycles. The van der Waals surface area contributed by atoms with Crippen LogP contribution >= 0.6 is 11.3 Å². The van der Waals surface area contributed by atoms with Gasteiger partial charge >= 0.3 is 0 Å². The monoisotopic (exact) mass is 335 g/mol. The van der Waals surface area contributed by atoms with Crippen LogP contribution in [-0.2, 0) is 33.7 Å². The molecule has 124 valence electrons. The largest absolute Gasteiger partial charge is 0.383 e. The summed E-state index contributed by atoms with van der Waals surface area (Å²) in [7, 11) is 1.68. The first-order chi connectivity index (χ1) is 11.3. The van der Waals surface area contributed by atoms with Gasteiger partial charge < -0.3 is 14.8 Å². The van der Waals surface area contributed by atoms with Gasteiger partial charge in [-0.3, -0.25) is 9.48 Å². The van der Waals surface area contributed by atoms with Crippen LogP contribution in [0, 0.1) is 0 Å². The number of carbonyl (C=O) groups excluding carboxylic acids is 1. The highest BCUT2D eigenvalue weighted by Crippen LogP contribution is 2.25. The summed E-state index contributed by atoms with van der Waals surface area (Å²) < 4.78 is 12.8. The molecule has 1 amide bonds. The van der Waals surface area contributed by atoms with E-state index < -0.39 is 0 Å². The molecule has 23 heavy (non-hydrogen) atoms. The van der Waals surface area contributed by atoms with E-state index in [0.29, 0.717) is 26.2 Å². The second-order valence-corrected chi connectivity index (χ2v) is 6.50. The molecule has 0 saturated carbocycles. The molecule has 0 fully saturated rings. The van der Waals surface area contributed by atoms with Crippen molar-refractivity contribution >= 4 is 17.2 Å². The van der Waals surface area contributed by atoms with Crippen molar-refractivity contribution in [3.63, 3.8) is 0 Å². The molecule has 2 aromatic rings. The summed E-state index contributed by atoms with van der Waals surface area (Å²) in [5.41, 5.74) is 2.13. The highest BCUT2D eigenvalue weighted by molar-refractivity contribution is 7.10. The Morgan fingerprint density at radius 3 is 3.30 bits per heavy atom. The van der Waals surface area contributed by atoms with Crippen LogP contribution in [0.1, 0.15) is 22.2 Å². The van der Waals surface area contributed by atoms with Gasteiger partial charge in [0.15, 0.2) is 0 Å². The van der Waals surface area contributed by atoms with E-state index >= 15 is 0 Å². The first-order valence-electron chi connectivity index (χ1n) is 7.72. The number of aromatic nitrogens is 2. The highest BCUT2D eigenvalue weighted by Gasteiger charge is 2.25. The third-order valence-corrected chi connectivity index (χ3v) is 4.67. The van der Waals surface area contributed by atoms with Gasteiger partial charge in [-0.15, -0.1) is 11.3 Å². The van der Waals surface area contributed by atoms with Crippen molar-refractivity contribution in [1.29, 1.82) is 0 Å². The van der Waals surface area contributed by atoms with Crippen LogP contribution in [0.15, 0.2) is 23.7 Å². The minimum Gasteiger partial charge on any atom is -0.383 e. The van der Waals surface area contributed by atoms with Crippen LogP contribution in [0.2, 0.25) is 0 Å². The molecule has 7 heteroatoms. The molecule has 3 rings (SSSR count). The van der Waals surface area contributed by atoms with Gasteiger partial charge in [0.25, 0.3) is 0 Å². The number of amides is 1. The van der Waals surface area contributed by atoms with Gasteiger partial charge in [-0.2, -0.15) is 5.10 Å². The molecule has 0 radical (unpaired) electrons. The zero-order valence-electron chi connectivity index (χ0n) is 13.2. The topological polar surface area (TPSA) is 65.4 Å². The molecular formula is C16H21N3O3S. The Bertz CT molecular complexity index is 639. The van der Waals surface area contributed by atoms with E-state index in [1.54, 1.807) is 18.4 Å². The summed E-state index contributed by atoms with van der Waals surface area (Å²) in [6.45, 7) is 2.47. The SMILES string of the molecule is COCCn1cc2c(n1)C(CNC(=O)Cc1cccs1)OCC2. The van der Waals surface area contributed by atoms with E-state index in [4.69, 9.17) is 9.47 Å². The fourth-order valence-electron chi connectivity index (χ4n) is 2.63. The van der Waals surface area contributed by atoms with Gasteiger partial charge in [0.05, 0.1) is 31.9 Å². The zero-order chi connectivity index (χ0) is 16.1. The predicted octanol–water partition coefficient (Wildman–Crippen LogP) is 1.56. The Hall–Kier alpha value is -1.70. The van der Waals surface area contributed by atoms with Crippen molar-refractivity contribution in [3.8, 4) is 0 Å². The minimum absolute atomic E-state index is 0.0157. The first-order valence-corrected chi connectivity index (χ1v) is 8.60. The lowest BCUT2D eigenvalue weighted by Crippen LogP contribution is -2.32. The van der Waals surface area contributed by atoms with E-state index in [2.05, 4.69) is 16.6 Å². The van der Waals surface area contributed by atoms with E-state index in [1.165, 1.54) is 5.56 Å². The number of nitrogens with zero attached hydrogens (tertiary/aromatic N) is 2. The average Bonchev–Trinajstić information content (AvgIpc) is 3.19. The van der Waals surface area contributed by atoms with Crippen LogP contribution in [0.4, 0.5) is 0 Å². The maximum absolute atomic E-state index is 12.0. The minimum atomic E-state index is -0.171. The molecule has 0 aromatic carbocycles. The number of hydrogen-bond acceptors (Lipinski definition) is 5. The number of carbonyl (C=O) groups is 1. The molecule has 1 N–H and O–H groups in total. The lowest BCUT2D eigenvalue weighted by atomic mass is 10.1. The van der Waals surface area contributed by atoms with E-state index in [1.807, 2.05) is 22.2 Å². The smallest absolute Gasteiger partial charge is 0.225 e. The van der Waals surface area contributed by atoms with Gasteiger partial charge in [-0.25, -0.2) is 0 Å². The Morgan fingerprint density at radius 2 is 2.52 bits per heavy atom. The van der Waals surface area contributed by atoms with Crippen LogP contribution < -0.4 is 5.32 Å². The van der Waals surface area contributed by atoms with Crippen molar-refractivity contribution in [2.45, 2.75) is 25.5 Å². The fourth-order valence-corrected chi connectivity index (χ4v) is 3.33. The number of thiophene rings is 1. The van der Waals surface area contributed by atoms with Gasteiger partial charge in [0.2, 0.25) is 5.91 Å². The molecule has 1 aliphatic heterocycles. The number of nitrogens with one attached hydrogen (secondary N) is 1. The zero-order valence-corrected chi connectivity index (χ0v) is 14.0. The molecule has 1 unspecified atom stereocenters. The lowest BCUT2D eigenvalue weighted by molar-refractivity contribution is -0.121. The van der Waals surface area contributed by atoms with Gasteiger partial charge in [0.1, 0.15) is 6.10 Å². The molecule has 0 aliphatic carbocycles. The number of hydrogen-bond donors (Lipinski definition) is 1. The van der Waals surface area contributed by atoms with E-state index in [-0.39, 0.29) is 12.0 Å². The molecular weight excluding hydrogens is 314 g/mol. The van der Waals surface area contributed by atoms with Crippen molar-refractivity contribution < 1.29 is 14.3 Å². The number of methoxy groups -OCH3 is 1. The number of ether oxygens (including phenoxy) is 2. The Labute approximate surface area is 139 Å². The van der Waals surface area contributed by atoms with Gasteiger partial charge in [0, 0.05) is 24.7 Å². The van der Waals surface area contributed by atoms with Crippen LogP contribution in [0.5, 0.6) is 0 Å². The van der Waals surface area contributed by atoms with Crippen LogP contribution in [0.25, 0.3) is 0 Å². The lowest BCUT2D eigenvalue weighted by Gasteiger charge is -2.22. The Kier molecular flexibility index (Phi) is 5.43. The molecule has 0 saturated heterocycles. The van der Waals surface area contributed by atoms with Gasteiger partial charge in [-0.1, -0.05) is 6.07 Å². The number of rotatable bonds is 7. The number of fused-ring (bicyclic) bond motifs is 1. The van der Waals surface area contributed by atoms with Crippen molar-refractivity contribution in [2.24, 2.45) is 0 Å². The van der Waals surface area contributed by atoms with Crippen molar-refractivity contribution in [3.05, 3.63) is 39.8 Å². The van der Waals surface area contributed by atoms with E-state index in [0.717, 1.165) is 23.5 Å². The Balaban J connectivity index is 1.57. The molecule has 0 bridgehead atoms. The second-order valence-electron chi connectivity index (χ2n) is 5.47. The summed E-state index contributed by atoms with van der Waals surface area (Å²) in [6.07, 6.45) is 3.16. The van der Waals surface area contributed by atoms with Crippen LogP contribution in [0.3, 0.4) is 0 Å². The Morgan fingerprint density at radius 1 is 1.61 bits per heavy atom. The molecule has 6 nitrogen and oxygen atoms in total. The van der Waals surface area contributed by atoms with Gasteiger partial charge in [-0.05, 0) is 23.4 Å². The standard InChI is InChI=1S/C16H21N3O3S/c1-21-7-5-19-11-12-4-6-22-14(16(12)18-19)10-17-15(20)9-13-3-2-8-23-13/h2-3,8,11,14H,4-7,9-10H2,1H3,(H,17,20). The highest BCUT2D eigenvalue weighted by atomic mass is 32.1. The normalized spacial score (nSPS) is 17.0. The van der Waals surface area contributed by atoms with E-state index in [9.17, 15) is 4.79 Å². The third-order valence-electron chi connectivity index (χ3n) is 3.79. The second kappa shape index (κ2) is 7.72. The average molecular weight is 335 g/mol. The maximum Gasteiger partial charge on any atom is 0.225 e. The first kappa shape index (κ1) is 16.2. The fraction of sp³-hybridized carbons (Fsp3) is 0.500. The third kappa shape index (κ3) is 4.19. The summed E-state index contributed by atoms with van der Waals surface area (Å²) in [5.74, 6) is 0.0157. The van der Waals surface area contributed by atoms with Crippen LogP contribution in [-0.4, -0.2) is 42.6 Å². The summed E-state index contributed by atoms with van der Waals surface area (Å²) in [5, 5.41) is 9.52. The molecule has 3 heterocycles. The summed E-state index contributed by atoms with van der Waals surface area (Å²) in [6, 6.07) is 3.92. The summed E-state index contributed by atoms with van der Waals surface area (Å²) in [4.78, 5) is 13.1. The van der Waals surface area contributed by atoms with Crippen molar-refractivity contribution in [2.75, 3.05) is 26.9 Å². The van der Waals surface area contributed by atoms with Crippen molar-refractivity contribution in [1.82, 2.24) is 15.1 Å². The molecule has 1 atom stereocenters.